The lowest BCUT2D eigenvalue weighted by Crippen LogP contribution is -2.53. The van der Waals surface area contributed by atoms with Crippen LogP contribution in [0.3, 0.4) is 0 Å². The zero-order valence-corrected chi connectivity index (χ0v) is 10.4. The van der Waals surface area contributed by atoms with E-state index in [-0.39, 0.29) is 23.8 Å². The largest absolute Gasteiger partial charge is 0.469 e. The van der Waals surface area contributed by atoms with Gasteiger partial charge in [0.1, 0.15) is 0 Å². The molecule has 0 radical (unpaired) electrons. The zero-order valence-electron chi connectivity index (χ0n) is 10.4. The average Bonchev–Trinajstić information content (AvgIpc) is 2.27. The van der Waals surface area contributed by atoms with Crippen molar-refractivity contribution in [2.45, 2.75) is 19.4 Å². The number of amides is 1. The number of hydrogen-bond acceptors (Lipinski definition) is 5. The highest BCUT2D eigenvalue weighted by atomic mass is 16.5. The van der Waals surface area contributed by atoms with Crippen LogP contribution >= 0.6 is 0 Å². The Hall–Kier alpha value is -1.14. The molecular weight excluding hydrogens is 222 g/mol. The summed E-state index contributed by atoms with van der Waals surface area (Å²) in [5.74, 6) is -0.479. The number of ether oxygens (including phenoxy) is 1. The third-order valence-corrected chi connectivity index (χ3v) is 2.91. The van der Waals surface area contributed by atoms with Crippen molar-refractivity contribution in [1.82, 2.24) is 10.2 Å². The van der Waals surface area contributed by atoms with Crippen LogP contribution in [0.5, 0.6) is 0 Å². The van der Waals surface area contributed by atoms with Crippen molar-refractivity contribution >= 4 is 11.9 Å². The van der Waals surface area contributed by atoms with E-state index in [9.17, 15) is 9.59 Å². The van der Waals surface area contributed by atoms with E-state index in [1.807, 2.05) is 0 Å². The monoisotopic (exact) mass is 243 g/mol. The van der Waals surface area contributed by atoms with Gasteiger partial charge in [0.25, 0.3) is 0 Å². The van der Waals surface area contributed by atoms with Gasteiger partial charge in [-0.15, -0.1) is 0 Å². The van der Waals surface area contributed by atoms with E-state index in [2.05, 4.69) is 10.2 Å². The Morgan fingerprint density at radius 2 is 2.18 bits per heavy atom. The van der Waals surface area contributed by atoms with Crippen molar-refractivity contribution in [3.05, 3.63) is 0 Å². The maximum atomic E-state index is 11.6. The number of esters is 1. The molecule has 0 aromatic carbocycles. The van der Waals surface area contributed by atoms with Crippen molar-refractivity contribution < 1.29 is 14.3 Å². The second kappa shape index (κ2) is 6.56. The van der Waals surface area contributed by atoms with Crippen LogP contribution in [0.15, 0.2) is 0 Å². The van der Waals surface area contributed by atoms with Gasteiger partial charge in [-0.3, -0.25) is 14.5 Å². The van der Waals surface area contributed by atoms with Crippen LogP contribution < -0.4 is 11.1 Å². The SMILES string of the molecule is COC(=O)C1CC(NC(C)=O)CN(CCN)C1. The summed E-state index contributed by atoms with van der Waals surface area (Å²) in [6.07, 6.45) is 0.632. The summed E-state index contributed by atoms with van der Waals surface area (Å²) in [6.45, 7) is 4.14. The highest BCUT2D eigenvalue weighted by molar-refractivity contribution is 5.74. The topological polar surface area (TPSA) is 84.7 Å². The number of piperidine rings is 1. The molecule has 1 rings (SSSR count). The number of nitrogens with one attached hydrogen (secondary N) is 1. The lowest BCUT2D eigenvalue weighted by Gasteiger charge is -2.36. The van der Waals surface area contributed by atoms with E-state index >= 15 is 0 Å². The Kier molecular flexibility index (Phi) is 5.37. The highest BCUT2D eigenvalue weighted by Crippen LogP contribution is 2.18. The predicted octanol–water partition coefficient (Wildman–Crippen LogP) is -1.06. The summed E-state index contributed by atoms with van der Waals surface area (Å²) in [4.78, 5) is 24.7. The highest BCUT2D eigenvalue weighted by Gasteiger charge is 2.32. The minimum Gasteiger partial charge on any atom is -0.469 e. The van der Waals surface area contributed by atoms with Crippen LogP contribution in [0.25, 0.3) is 0 Å². The second-order valence-electron chi connectivity index (χ2n) is 4.40. The molecular formula is C11H21N3O3. The van der Waals surface area contributed by atoms with Gasteiger partial charge in [-0.2, -0.15) is 0 Å². The van der Waals surface area contributed by atoms with Crippen LogP contribution in [0.2, 0.25) is 0 Å². The smallest absolute Gasteiger partial charge is 0.310 e. The van der Waals surface area contributed by atoms with E-state index < -0.39 is 0 Å². The molecule has 1 amide bonds. The number of methoxy groups -OCH3 is 1. The number of nitrogens with two attached hydrogens (primary N) is 1. The summed E-state index contributed by atoms with van der Waals surface area (Å²) < 4.78 is 4.76. The van der Waals surface area contributed by atoms with Gasteiger partial charge < -0.3 is 15.8 Å². The van der Waals surface area contributed by atoms with Gasteiger partial charge in [0, 0.05) is 39.1 Å². The summed E-state index contributed by atoms with van der Waals surface area (Å²) >= 11 is 0. The maximum Gasteiger partial charge on any atom is 0.310 e. The molecule has 0 aromatic rings. The molecule has 3 N–H and O–H groups in total. The maximum absolute atomic E-state index is 11.6. The van der Waals surface area contributed by atoms with Gasteiger partial charge in [-0.05, 0) is 6.42 Å². The molecule has 0 aromatic heterocycles. The number of likely N-dealkylation sites (tertiary alicyclic amines) is 1. The summed E-state index contributed by atoms with van der Waals surface area (Å²) in [7, 11) is 1.39. The van der Waals surface area contributed by atoms with Crippen molar-refractivity contribution in [3.63, 3.8) is 0 Å². The second-order valence-corrected chi connectivity index (χ2v) is 4.40. The van der Waals surface area contributed by atoms with Crippen molar-refractivity contribution in [1.29, 1.82) is 0 Å². The van der Waals surface area contributed by atoms with E-state index in [1.54, 1.807) is 0 Å². The first kappa shape index (κ1) is 13.9. The first-order valence-corrected chi connectivity index (χ1v) is 5.84. The first-order valence-electron chi connectivity index (χ1n) is 5.84. The van der Waals surface area contributed by atoms with Crippen LogP contribution in [0.1, 0.15) is 13.3 Å². The van der Waals surface area contributed by atoms with Crippen molar-refractivity contribution in [2.75, 3.05) is 33.3 Å². The van der Waals surface area contributed by atoms with E-state index in [1.165, 1.54) is 14.0 Å². The summed E-state index contributed by atoms with van der Waals surface area (Å²) in [6, 6.07) is -0.00287. The number of nitrogens with zero attached hydrogens (tertiary/aromatic N) is 1. The fourth-order valence-corrected chi connectivity index (χ4v) is 2.28. The minimum atomic E-state index is -0.220. The van der Waals surface area contributed by atoms with Crippen molar-refractivity contribution in [3.8, 4) is 0 Å². The molecule has 0 spiro atoms. The van der Waals surface area contributed by atoms with Gasteiger partial charge >= 0.3 is 5.97 Å². The minimum absolute atomic E-state index is 0.00287. The molecule has 98 valence electrons. The molecule has 2 unspecified atom stereocenters. The fraction of sp³-hybridized carbons (Fsp3) is 0.818. The molecule has 1 fully saturated rings. The Morgan fingerprint density at radius 1 is 1.47 bits per heavy atom. The third kappa shape index (κ3) is 4.32. The van der Waals surface area contributed by atoms with Crippen LogP contribution in [-0.4, -0.2) is 56.1 Å². The zero-order chi connectivity index (χ0) is 12.8. The van der Waals surface area contributed by atoms with E-state index in [0.717, 1.165) is 13.1 Å². The molecule has 1 heterocycles. The van der Waals surface area contributed by atoms with E-state index in [4.69, 9.17) is 10.5 Å². The normalized spacial score (nSPS) is 25.4. The van der Waals surface area contributed by atoms with Crippen LogP contribution in [0, 0.1) is 5.92 Å². The summed E-state index contributed by atoms with van der Waals surface area (Å²) in [5, 5.41) is 2.85. The standard InChI is InChI=1S/C11H21N3O3/c1-8(15)13-10-5-9(11(16)17-2)6-14(7-10)4-3-12/h9-10H,3-7,12H2,1-2H3,(H,13,15). The lowest BCUT2D eigenvalue weighted by molar-refractivity contribution is -0.148. The average molecular weight is 243 g/mol. The predicted molar refractivity (Wildman–Crippen MR) is 63.2 cm³/mol. The molecule has 1 aliphatic rings. The van der Waals surface area contributed by atoms with Crippen LogP contribution in [-0.2, 0) is 14.3 Å². The molecule has 2 atom stereocenters. The Balaban J connectivity index is 2.61. The molecule has 0 bridgehead atoms. The number of carbonyl (C=O) groups excluding carboxylic acids is 2. The molecule has 1 saturated heterocycles. The third-order valence-electron chi connectivity index (χ3n) is 2.91. The Bertz CT molecular complexity index is 283. The van der Waals surface area contributed by atoms with Crippen molar-refractivity contribution in [2.24, 2.45) is 11.7 Å². The fourth-order valence-electron chi connectivity index (χ4n) is 2.28. The van der Waals surface area contributed by atoms with Gasteiger partial charge in [0.05, 0.1) is 13.0 Å². The molecule has 0 saturated carbocycles. The molecule has 1 aliphatic heterocycles. The number of rotatable bonds is 4. The van der Waals surface area contributed by atoms with Crippen LogP contribution in [0.4, 0.5) is 0 Å². The van der Waals surface area contributed by atoms with Gasteiger partial charge in [-0.1, -0.05) is 0 Å². The summed E-state index contributed by atoms with van der Waals surface area (Å²) in [5.41, 5.74) is 5.51. The Morgan fingerprint density at radius 3 is 2.71 bits per heavy atom. The molecule has 0 aliphatic carbocycles. The number of hydrogen-bond donors (Lipinski definition) is 2. The van der Waals surface area contributed by atoms with Gasteiger partial charge in [0.2, 0.25) is 5.91 Å². The quantitative estimate of drug-likeness (QED) is 0.615. The first-order chi connectivity index (χ1) is 8.06. The Labute approximate surface area is 101 Å². The molecule has 6 nitrogen and oxygen atoms in total. The lowest BCUT2D eigenvalue weighted by atomic mass is 9.94. The number of carbonyl (C=O) groups is 2. The van der Waals surface area contributed by atoms with Gasteiger partial charge in [0.15, 0.2) is 0 Å². The molecule has 17 heavy (non-hydrogen) atoms. The van der Waals surface area contributed by atoms with Gasteiger partial charge in [-0.25, -0.2) is 0 Å². The van der Waals surface area contributed by atoms with E-state index in [0.29, 0.717) is 19.5 Å². The molecule has 6 heteroatoms.